The highest BCUT2D eigenvalue weighted by Gasteiger charge is 2.10. The van der Waals surface area contributed by atoms with Gasteiger partial charge in [0.2, 0.25) is 0 Å². The fourth-order valence-electron chi connectivity index (χ4n) is 2.73. The number of ether oxygens (including phenoxy) is 2. The molecule has 0 saturated carbocycles. The summed E-state index contributed by atoms with van der Waals surface area (Å²) < 4.78 is 11.2. The fraction of sp³-hybridized carbons (Fsp3) is 0.125. The van der Waals surface area contributed by atoms with Crippen LogP contribution in [0.5, 0.6) is 11.5 Å². The van der Waals surface area contributed by atoms with Crippen LogP contribution in [0.3, 0.4) is 0 Å². The van der Waals surface area contributed by atoms with Gasteiger partial charge in [-0.15, -0.1) is 0 Å². The molecule has 2 amide bonds. The molecule has 0 radical (unpaired) electrons. The smallest absolute Gasteiger partial charge is 0.271 e. The monoisotopic (exact) mass is 485 g/mol. The first-order valence-corrected chi connectivity index (χ1v) is 10.7. The lowest BCUT2D eigenvalue weighted by Gasteiger charge is -2.13. The predicted molar refractivity (Wildman–Crippen MR) is 130 cm³/mol. The zero-order valence-corrected chi connectivity index (χ0v) is 19.2. The molecular formula is C24H21Cl2N3O4. The zero-order chi connectivity index (χ0) is 23.6. The third kappa shape index (κ3) is 7.24. The van der Waals surface area contributed by atoms with Crippen molar-refractivity contribution < 1.29 is 19.1 Å². The number of carbonyl (C=O) groups is 2. The molecule has 7 nitrogen and oxygen atoms in total. The molecule has 0 aliphatic heterocycles. The average Bonchev–Trinajstić information content (AvgIpc) is 2.81. The Kier molecular flexibility index (Phi) is 8.69. The molecule has 2 N–H and O–H groups in total. The molecule has 3 aromatic carbocycles. The second kappa shape index (κ2) is 11.9. The summed E-state index contributed by atoms with van der Waals surface area (Å²) in [6, 6.07) is 18.7. The number of hydrogen-bond donors (Lipinski definition) is 2. The molecule has 9 heteroatoms. The van der Waals surface area contributed by atoms with Crippen molar-refractivity contribution in [2.24, 2.45) is 5.10 Å². The SMILES string of the molecule is CCOc1cc(C=NNC(=O)c2ccccc2)ccc1OCC(=O)Nc1ccc(Cl)c(Cl)c1. The molecule has 33 heavy (non-hydrogen) atoms. The minimum Gasteiger partial charge on any atom is -0.490 e. The van der Waals surface area contributed by atoms with Crippen molar-refractivity contribution in [3.8, 4) is 11.5 Å². The van der Waals surface area contributed by atoms with Crippen molar-refractivity contribution in [1.82, 2.24) is 5.43 Å². The highest BCUT2D eigenvalue weighted by Crippen LogP contribution is 2.28. The van der Waals surface area contributed by atoms with E-state index in [1.165, 1.54) is 6.21 Å². The summed E-state index contributed by atoms with van der Waals surface area (Å²) in [7, 11) is 0. The number of benzene rings is 3. The summed E-state index contributed by atoms with van der Waals surface area (Å²) in [6.07, 6.45) is 1.49. The molecule has 0 spiro atoms. The van der Waals surface area contributed by atoms with E-state index in [4.69, 9.17) is 32.7 Å². The molecule has 0 fully saturated rings. The summed E-state index contributed by atoms with van der Waals surface area (Å²) in [6.45, 7) is 2.00. The zero-order valence-electron chi connectivity index (χ0n) is 17.7. The third-order valence-corrected chi connectivity index (χ3v) is 4.98. The maximum absolute atomic E-state index is 12.2. The van der Waals surface area contributed by atoms with Crippen molar-refractivity contribution in [3.63, 3.8) is 0 Å². The van der Waals surface area contributed by atoms with Gasteiger partial charge in [-0.25, -0.2) is 5.43 Å². The molecular weight excluding hydrogens is 465 g/mol. The van der Waals surface area contributed by atoms with Gasteiger partial charge in [0.05, 0.1) is 22.9 Å². The first-order valence-electron chi connectivity index (χ1n) is 9.99. The standard InChI is InChI=1S/C24H21Cl2N3O4/c1-2-32-22-12-16(14-27-29-24(31)17-6-4-3-5-7-17)8-11-21(22)33-15-23(30)28-18-9-10-19(25)20(26)13-18/h3-14H,2,15H2,1H3,(H,28,30)(H,29,31). The summed E-state index contributed by atoms with van der Waals surface area (Å²) >= 11 is 11.8. The Balaban J connectivity index is 1.60. The van der Waals surface area contributed by atoms with E-state index in [9.17, 15) is 9.59 Å². The van der Waals surface area contributed by atoms with Crippen molar-refractivity contribution >= 4 is 46.9 Å². The lowest BCUT2D eigenvalue weighted by molar-refractivity contribution is -0.118. The predicted octanol–water partition coefficient (Wildman–Crippen LogP) is 5.17. The number of nitrogens with zero attached hydrogens (tertiary/aromatic N) is 1. The number of anilines is 1. The van der Waals surface area contributed by atoms with Gasteiger partial charge < -0.3 is 14.8 Å². The van der Waals surface area contributed by atoms with Gasteiger partial charge in [0, 0.05) is 11.3 Å². The van der Waals surface area contributed by atoms with E-state index in [1.54, 1.807) is 60.7 Å². The second-order valence-electron chi connectivity index (χ2n) is 6.67. The largest absolute Gasteiger partial charge is 0.490 e. The molecule has 0 atom stereocenters. The second-order valence-corrected chi connectivity index (χ2v) is 7.48. The lowest BCUT2D eigenvalue weighted by Crippen LogP contribution is -2.20. The molecule has 0 aliphatic carbocycles. The number of hydrogen-bond acceptors (Lipinski definition) is 5. The Morgan fingerprint density at radius 1 is 0.939 bits per heavy atom. The molecule has 0 aliphatic rings. The van der Waals surface area contributed by atoms with Crippen LogP contribution < -0.4 is 20.2 Å². The van der Waals surface area contributed by atoms with E-state index in [0.717, 1.165) is 0 Å². The summed E-state index contributed by atoms with van der Waals surface area (Å²) in [5.74, 6) is 0.153. The number of nitrogens with one attached hydrogen (secondary N) is 2. The van der Waals surface area contributed by atoms with E-state index in [2.05, 4.69) is 15.8 Å². The quantitative estimate of drug-likeness (QED) is 0.323. The van der Waals surface area contributed by atoms with Crippen LogP contribution in [0.15, 0.2) is 71.8 Å². The van der Waals surface area contributed by atoms with Gasteiger partial charge in [0.1, 0.15) is 0 Å². The molecule has 0 heterocycles. The van der Waals surface area contributed by atoms with Crippen LogP contribution in [-0.2, 0) is 4.79 Å². The summed E-state index contributed by atoms with van der Waals surface area (Å²) in [5, 5.41) is 7.40. The van der Waals surface area contributed by atoms with E-state index in [0.29, 0.717) is 45.0 Å². The van der Waals surface area contributed by atoms with Crippen LogP contribution >= 0.6 is 23.2 Å². The maximum atomic E-state index is 12.2. The first-order chi connectivity index (χ1) is 16.0. The maximum Gasteiger partial charge on any atom is 0.271 e. The molecule has 0 bridgehead atoms. The van der Waals surface area contributed by atoms with Gasteiger partial charge in [0.25, 0.3) is 11.8 Å². The lowest BCUT2D eigenvalue weighted by atomic mass is 10.2. The minimum absolute atomic E-state index is 0.235. The summed E-state index contributed by atoms with van der Waals surface area (Å²) in [5.41, 5.74) is 4.17. The molecule has 0 saturated heterocycles. The molecule has 170 valence electrons. The summed E-state index contributed by atoms with van der Waals surface area (Å²) in [4.78, 5) is 24.3. The van der Waals surface area contributed by atoms with E-state index in [1.807, 2.05) is 13.0 Å². The normalized spacial score (nSPS) is 10.6. The fourth-order valence-corrected chi connectivity index (χ4v) is 3.02. The number of amides is 2. The molecule has 0 unspecified atom stereocenters. The number of halogens is 2. The van der Waals surface area contributed by atoms with Gasteiger partial charge in [-0.2, -0.15) is 5.10 Å². The Hall–Kier alpha value is -3.55. The molecule has 0 aromatic heterocycles. The number of rotatable bonds is 9. The molecule has 3 rings (SSSR count). The van der Waals surface area contributed by atoms with Crippen molar-refractivity contribution in [2.75, 3.05) is 18.5 Å². The molecule has 3 aromatic rings. The number of carbonyl (C=O) groups excluding carboxylic acids is 2. The van der Waals surface area contributed by atoms with Crippen LogP contribution in [0.2, 0.25) is 10.0 Å². The van der Waals surface area contributed by atoms with Gasteiger partial charge >= 0.3 is 0 Å². The van der Waals surface area contributed by atoms with Crippen LogP contribution in [-0.4, -0.2) is 31.2 Å². The Morgan fingerprint density at radius 3 is 2.45 bits per heavy atom. The van der Waals surface area contributed by atoms with Crippen LogP contribution in [0.1, 0.15) is 22.8 Å². The highest BCUT2D eigenvalue weighted by atomic mass is 35.5. The van der Waals surface area contributed by atoms with Crippen molar-refractivity contribution in [3.05, 3.63) is 87.9 Å². The van der Waals surface area contributed by atoms with Crippen molar-refractivity contribution in [1.29, 1.82) is 0 Å². The van der Waals surface area contributed by atoms with Gasteiger partial charge in [-0.3, -0.25) is 9.59 Å². The van der Waals surface area contributed by atoms with Crippen LogP contribution in [0.25, 0.3) is 0 Å². The number of hydrazone groups is 1. The van der Waals surface area contributed by atoms with Gasteiger partial charge in [-0.1, -0.05) is 41.4 Å². The van der Waals surface area contributed by atoms with Gasteiger partial charge in [0.15, 0.2) is 18.1 Å². The Morgan fingerprint density at radius 2 is 1.73 bits per heavy atom. The van der Waals surface area contributed by atoms with E-state index in [-0.39, 0.29) is 18.4 Å². The van der Waals surface area contributed by atoms with E-state index >= 15 is 0 Å². The van der Waals surface area contributed by atoms with Crippen LogP contribution in [0, 0.1) is 0 Å². The minimum atomic E-state index is -0.370. The first kappa shape index (κ1) is 24.1. The topological polar surface area (TPSA) is 89.0 Å². The Labute approximate surface area is 201 Å². The van der Waals surface area contributed by atoms with Crippen molar-refractivity contribution in [2.45, 2.75) is 6.92 Å². The van der Waals surface area contributed by atoms with Crippen LogP contribution in [0.4, 0.5) is 5.69 Å². The highest BCUT2D eigenvalue weighted by molar-refractivity contribution is 6.42. The average molecular weight is 486 g/mol. The third-order valence-electron chi connectivity index (χ3n) is 4.25. The Bertz CT molecular complexity index is 1150. The van der Waals surface area contributed by atoms with Gasteiger partial charge in [-0.05, 0) is 61.0 Å². The van der Waals surface area contributed by atoms with E-state index < -0.39 is 0 Å².